The van der Waals surface area contributed by atoms with Crippen LogP contribution < -0.4 is 10.1 Å². The monoisotopic (exact) mass is 287 g/mol. The van der Waals surface area contributed by atoms with E-state index in [0.29, 0.717) is 6.04 Å². The summed E-state index contributed by atoms with van der Waals surface area (Å²) in [6, 6.07) is 14.6. The standard InChI is InChI=1S/C17H18ClNO/c1-12-10-14(18)6-9-16(12)20-17-5-3-2-4-13(17)11-19-15-7-8-15/h2-6,9-10,15,19H,7-8,11H2,1H3. The Morgan fingerprint density at radius 2 is 1.95 bits per heavy atom. The van der Waals surface area contributed by atoms with Crippen molar-refractivity contribution in [1.29, 1.82) is 0 Å². The highest BCUT2D eigenvalue weighted by molar-refractivity contribution is 6.30. The Morgan fingerprint density at radius 3 is 2.70 bits per heavy atom. The van der Waals surface area contributed by atoms with Crippen LogP contribution in [0, 0.1) is 6.92 Å². The lowest BCUT2D eigenvalue weighted by molar-refractivity contribution is 0.469. The number of aryl methyl sites for hydroxylation is 1. The van der Waals surface area contributed by atoms with Crippen molar-refractivity contribution in [3.8, 4) is 11.5 Å². The van der Waals surface area contributed by atoms with Crippen molar-refractivity contribution in [3.05, 3.63) is 58.6 Å². The minimum Gasteiger partial charge on any atom is -0.457 e. The zero-order chi connectivity index (χ0) is 13.9. The van der Waals surface area contributed by atoms with Crippen LogP contribution in [0.4, 0.5) is 0 Å². The topological polar surface area (TPSA) is 21.3 Å². The predicted octanol–water partition coefficient (Wildman–Crippen LogP) is 4.69. The number of benzene rings is 2. The van der Waals surface area contributed by atoms with Crippen molar-refractivity contribution in [2.75, 3.05) is 0 Å². The number of rotatable bonds is 5. The number of para-hydroxylation sites is 1. The molecule has 2 aromatic rings. The molecular formula is C17H18ClNO. The van der Waals surface area contributed by atoms with Gasteiger partial charge in [0, 0.05) is 23.2 Å². The molecule has 0 radical (unpaired) electrons. The molecule has 0 heterocycles. The summed E-state index contributed by atoms with van der Waals surface area (Å²) in [5.41, 5.74) is 2.23. The Morgan fingerprint density at radius 1 is 1.15 bits per heavy atom. The quantitative estimate of drug-likeness (QED) is 0.861. The van der Waals surface area contributed by atoms with Crippen LogP contribution in [0.15, 0.2) is 42.5 Å². The van der Waals surface area contributed by atoms with Crippen LogP contribution in [0.5, 0.6) is 11.5 Å². The van der Waals surface area contributed by atoms with E-state index in [-0.39, 0.29) is 0 Å². The van der Waals surface area contributed by atoms with Crippen LogP contribution >= 0.6 is 11.6 Å². The van der Waals surface area contributed by atoms with E-state index in [1.165, 1.54) is 18.4 Å². The molecule has 104 valence electrons. The summed E-state index contributed by atoms with van der Waals surface area (Å²) in [4.78, 5) is 0. The third-order valence-electron chi connectivity index (χ3n) is 3.49. The molecule has 1 saturated carbocycles. The molecule has 3 rings (SSSR count). The number of nitrogens with one attached hydrogen (secondary N) is 1. The first-order valence-corrected chi connectivity index (χ1v) is 7.35. The van der Waals surface area contributed by atoms with Gasteiger partial charge in [0.25, 0.3) is 0 Å². The SMILES string of the molecule is Cc1cc(Cl)ccc1Oc1ccccc1CNC1CC1. The highest BCUT2D eigenvalue weighted by Gasteiger charge is 2.20. The van der Waals surface area contributed by atoms with E-state index in [1.807, 2.05) is 43.3 Å². The summed E-state index contributed by atoms with van der Waals surface area (Å²) < 4.78 is 6.05. The van der Waals surface area contributed by atoms with Crippen LogP contribution in [-0.2, 0) is 6.54 Å². The van der Waals surface area contributed by atoms with Crippen molar-refractivity contribution in [2.45, 2.75) is 32.4 Å². The summed E-state index contributed by atoms with van der Waals surface area (Å²) in [5, 5.41) is 4.26. The molecule has 1 N–H and O–H groups in total. The molecule has 0 atom stereocenters. The number of hydrogen-bond donors (Lipinski definition) is 1. The average molecular weight is 288 g/mol. The van der Waals surface area contributed by atoms with Crippen LogP contribution in [0.25, 0.3) is 0 Å². The van der Waals surface area contributed by atoms with E-state index >= 15 is 0 Å². The Bertz CT molecular complexity index is 608. The van der Waals surface area contributed by atoms with E-state index in [9.17, 15) is 0 Å². The molecule has 1 aliphatic rings. The first-order chi connectivity index (χ1) is 9.72. The molecule has 1 aliphatic carbocycles. The second-order valence-corrected chi connectivity index (χ2v) is 5.71. The Balaban J connectivity index is 1.78. The molecule has 0 saturated heterocycles. The van der Waals surface area contributed by atoms with E-state index in [4.69, 9.17) is 16.3 Å². The highest BCUT2D eigenvalue weighted by Crippen LogP contribution is 2.30. The molecular weight excluding hydrogens is 270 g/mol. The van der Waals surface area contributed by atoms with Gasteiger partial charge < -0.3 is 10.1 Å². The molecule has 1 fully saturated rings. The summed E-state index contributed by atoms with van der Waals surface area (Å²) in [7, 11) is 0. The lowest BCUT2D eigenvalue weighted by Gasteiger charge is -2.13. The first-order valence-electron chi connectivity index (χ1n) is 6.97. The van der Waals surface area contributed by atoms with Crippen molar-refractivity contribution in [2.24, 2.45) is 0 Å². The second kappa shape index (κ2) is 5.86. The zero-order valence-corrected chi connectivity index (χ0v) is 12.3. The van der Waals surface area contributed by atoms with Gasteiger partial charge in [0.2, 0.25) is 0 Å². The van der Waals surface area contributed by atoms with Crippen molar-refractivity contribution in [3.63, 3.8) is 0 Å². The van der Waals surface area contributed by atoms with E-state index in [0.717, 1.165) is 28.6 Å². The maximum absolute atomic E-state index is 6.05. The van der Waals surface area contributed by atoms with Crippen LogP contribution in [0.2, 0.25) is 5.02 Å². The minimum absolute atomic E-state index is 0.695. The van der Waals surface area contributed by atoms with E-state index < -0.39 is 0 Å². The first kappa shape index (κ1) is 13.5. The third-order valence-corrected chi connectivity index (χ3v) is 3.72. The van der Waals surface area contributed by atoms with Crippen molar-refractivity contribution < 1.29 is 4.74 Å². The van der Waals surface area contributed by atoms with Crippen LogP contribution in [0.3, 0.4) is 0 Å². The van der Waals surface area contributed by atoms with Gasteiger partial charge in [0.15, 0.2) is 0 Å². The molecule has 2 nitrogen and oxygen atoms in total. The van der Waals surface area contributed by atoms with Gasteiger partial charge in [-0.25, -0.2) is 0 Å². The lowest BCUT2D eigenvalue weighted by atomic mass is 10.2. The summed E-state index contributed by atoms with van der Waals surface area (Å²) in [6.45, 7) is 2.86. The zero-order valence-electron chi connectivity index (χ0n) is 11.5. The normalized spacial score (nSPS) is 14.3. The molecule has 2 aromatic carbocycles. The Labute approximate surface area is 124 Å². The van der Waals surface area contributed by atoms with Gasteiger partial charge >= 0.3 is 0 Å². The van der Waals surface area contributed by atoms with Gasteiger partial charge in [-0.15, -0.1) is 0 Å². The van der Waals surface area contributed by atoms with E-state index in [1.54, 1.807) is 0 Å². The van der Waals surface area contributed by atoms with Crippen molar-refractivity contribution >= 4 is 11.6 Å². The van der Waals surface area contributed by atoms with Gasteiger partial charge in [-0.3, -0.25) is 0 Å². The summed E-state index contributed by atoms with van der Waals surface area (Å²) in [6.07, 6.45) is 2.58. The maximum Gasteiger partial charge on any atom is 0.131 e. The molecule has 0 unspecified atom stereocenters. The number of halogens is 1. The fraction of sp³-hybridized carbons (Fsp3) is 0.294. The molecule has 0 amide bonds. The van der Waals surface area contributed by atoms with E-state index in [2.05, 4.69) is 11.4 Å². The van der Waals surface area contributed by atoms with Gasteiger partial charge in [0.1, 0.15) is 11.5 Å². The van der Waals surface area contributed by atoms with Gasteiger partial charge in [-0.2, -0.15) is 0 Å². The molecule has 20 heavy (non-hydrogen) atoms. The fourth-order valence-corrected chi connectivity index (χ4v) is 2.36. The largest absolute Gasteiger partial charge is 0.457 e. The summed E-state index contributed by atoms with van der Waals surface area (Å²) >= 11 is 5.98. The predicted molar refractivity (Wildman–Crippen MR) is 82.6 cm³/mol. The second-order valence-electron chi connectivity index (χ2n) is 5.27. The molecule has 0 aliphatic heterocycles. The minimum atomic E-state index is 0.695. The van der Waals surface area contributed by atoms with Gasteiger partial charge in [-0.1, -0.05) is 29.8 Å². The Kier molecular flexibility index (Phi) is 3.95. The van der Waals surface area contributed by atoms with Gasteiger partial charge in [-0.05, 0) is 49.6 Å². The fourth-order valence-electron chi connectivity index (χ4n) is 2.14. The third kappa shape index (κ3) is 3.33. The lowest BCUT2D eigenvalue weighted by Crippen LogP contribution is -2.15. The molecule has 0 spiro atoms. The number of hydrogen-bond acceptors (Lipinski definition) is 2. The van der Waals surface area contributed by atoms with Gasteiger partial charge in [0.05, 0.1) is 0 Å². The Hall–Kier alpha value is -1.51. The smallest absolute Gasteiger partial charge is 0.131 e. The van der Waals surface area contributed by atoms with Crippen LogP contribution in [-0.4, -0.2) is 6.04 Å². The molecule has 3 heteroatoms. The summed E-state index contributed by atoms with van der Waals surface area (Å²) in [5.74, 6) is 1.76. The highest BCUT2D eigenvalue weighted by atomic mass is 35.5. The number of ether oxygens (including phenoxy) is 1. The maximum atomic E-state index is 6.05. The molecule has 0 bridgehead atoms. The van der Waals surface area contributed by atoms with Crippen LogP contribution in [0.1, 0.15) is 24.0 Å². The average Bonchev–Trinajstić information content (AvgIpc) is 3.25. The molecule has 0 aromatic heterocycles. The van der Waals surface area contributed by atoms with Crippen molar-refractivity contribution in [1.82, 2.24) is 5.32 Å².